The third kappa shape index (κ3) is 4.07. The Bertz CT molecular complexity index is 525. The average molecular weight is 352 g/mol. The molecule has 0 saturated heterocycles. The molecule has 1 aliphatic carbocycles. The van der Waals surface area contributed by atoms with Crippen LogP contribution in [-0.4, -0.2) is 0 Å². The predicted molar refractivity (Wildman–Crippen MR) is 87.3 cm³/mol. The summed E-state index contributed by atoms with van der Waals surface area (Å²) >= 11 is 3.33. The second kappa shape index (κ2) is 6.08. The van der Waals surface area contributed by atoms with Crippen molar-refractivity contribution in [2.45, 2.75) is 52.9 Å². The third-order valence-electron chi connectivity index (χ3n) is 4.87. The van der Waals surface area contributed by atoms with Crippen molar-refractivity contribution in [3.8, 4) is 6.07 Å². The normalized spacial score (nSPS) is 26.4. The van der Waals surface area contributed by atoms with Gasteiger partial charge in [0.05, 0.1) is 11.5 Å². The average Bonchev–Trinajstić information content (AvgIpc) is 2.37. The lowest BCUT2D eigenvalue weighted by molar-refractivity contribution is 0.120. The minimum absolute atomic E-state index is 0.240. The summed E-state index contributed by atoms with van der Waals surface area (Å²) in [6.45, 7) is 6.84. The first-order chi connectivity index (χ1) is 9.74. The molecule has 0 N–H and O–H groups in total. The topological polar surface area (TPSA) is 23.8 Å². The van der Waals surface area contributed by atoms with E-state index in [4.69, 9.17) is 0 Å². The monoisotopic (exact) mass is 351 g/mol. The van der Waals surface area contributed by atoms with Gasteiger partial charge in [0.15, 0.2) is 0 Å². The molecule has 1 fully saturated rings. The minimum Gasteiger partial charge on any atom is -0.207 e. The Morgan fingerprint density at radius 1 is 1.29 bits per heavy atom. The van der Waals surface area contributed by atoms with Crippen LogP contribution >= 0.6 is 15.9 Å². The Kier molecular flexibility index (Phi) is 4.78. The summed E-state index contributed by atoms with van der Waals surface area (Å²) in [5.41, 5.74) is 0.899. The summed E-state index contributed by atoms with van der Waals surface area (Å²) in [4.78, 5) is 0. The maximum absolute atomic E-state index is 13.5. The molecule has 1 saturated carbocycles. The van der Waals surface area contributed by atoms with Crippen molar-refractivity contribution in [2.75, 3.05) is 0 Å². The van der Waals surface area contributed by atoms with Crippen molar-refractivity contribution in [3.05, 3.63) is 34.1 Å². The van der Waals surface area contributed by atoms with E-state index in [0.717, 1.165) is 35.7 Å². The van der Waals surface area contributed by atoms with Crippen LogP contribution < -0.4 is 0 Å². The van der Waals surface area contributed by atoms with E-state index in [1.54, 1.807) is 6.07 Å². The van der Waals surface area contributed by atoms with Crippen LogP contribution in [0.2, 0.25) is 0 Å². The van der Waals surface area contributed by atoms with Gasteiger partial charge in [-0.15, -0.1) is 0 Å². The summed E-state index contributed by atoms with van der Waals surface area (Å²) in [5.74, 6) is 0.439. The Balaban J connectivity index is 2.12. The van der Waals surface area contributed by atoms with Gasteiger partial charge in [-0.3, -0.25) is 0 Å². The summed E-state index contributed by atoms with van der Waals surface area (Å²) in [6.07, 6.45) is 4.66. The van der Waals surface area contributed by atoms with Gasteiger partial charge in [-0.05, 0) is 67.2 Å². The van der Waals surface area contributed by atoms with Gasteiger partial charge in [-0.25, -0.2) is 4.39 Å². The minimum atomic E-state index is -0.324. The van der Waals surface area contributed by atoms with Crippen molar-refractivity contribution in [1.29, 1.82) is 5.26 Å². The van der Waals surface area contributed by atoms with Crippen LogP contribution in [0.4, 0.5) is 4.39 Å². The van der Waals surface area contributed by atoms with Gasteiger partial charge in [0, 0.05) is 4.47 Å². The number of rotatable bonds is 2. The molecule has 1 nitrogen and oxygen atoms in total. The lowest BCUT2D eigenvalue weighted by Gasteiger charge is -2.40. The van der Waals surface area contributed by atoms with Gasteiger partial charge < -0.3 is 0 Å². The summed E-state index contributed by atoms with van der Waals surface area (Å²) in [7, 11) is 0. The molecule has 114 valence electrons. The first-order valence-corrected chi connectivity index (χ1v) is 8.40. The summed E-state index contributed by atoms with van der Waals surface area (Å²) < 4.78 is 14.3. The SMILES string of the molecule is CC(C)(C)C1CCC(C#N)(Cc2cc(F)cc(Br)c2)CC1. The van der Waals surface area contributed by atoms with Gasteiger partial charge in [-0.2, -0.15) is 5.26 Å². The van der Waals surface area contributed by atoms with Crippen molar-refractivity contribution >= 4 is 15.9 Å². The van der Waals surface area contributed by atoms with E-state index in [0.29, 0.717) is 17.8 Å². The molecule has 21 heavy (non-hydrogen) atoms. The molecule has 0 spiro atoms. The fourth-order valence-electron chi connectivity index (χ4n) is 3.47. The van der Waals surface area contributed by atoms with E-state index in [9.17, 15) is 9.65 Å². The molecule has 0 aromatic heterocycles. The molecule has 3 heteroatoms. The van der Waals surface area contributed by atoms with Crippen molar-refractivity contribution in [1.82, 2.24) is 0 Å². The van der Waals surface area contributed by atoms with Crippen LogP contribution in [0.3, 0.4) is 0 Å². The molecule has 2 rings (SSSR count). The molecule has 0 heterocycles. The fraction of sp³-hybridized carbons (Fsp3) is 0.611. The fourth-order valence-corrected chi connectivity index (χ4v) is 3.98. The highest BCUT2D eigenvalue weighted by atomic mass is 79.9. The Morgan fingerprint density at radius 3 is 2.38 bits per heavy atom. The lowest BCUT2D eigenvalue weighted by Crippen LogP contribution is -2.33. The van der Waals surface area contributed by atoms with E-state index in [2.05, 4.69) is 42.8 Å². The zero-order valence-corrected chi connectivity index (χ0v) is 14.6. The van der Waals surface area contributed by atoms with Crippen LogP contribution in [0.1, 0.15) is 52.0 Å². The number of nitriles is 1. The summed E-state index contributed by atoms with van der Waals surface area (Å²) in [6, 6.07) is 7.48. The molecule has 0 unspecified atom stereocenters. The van der Waals surface area contributed by atoms with Gasteiger partial charge >= 0.3 is 0 Å². The van der Waals surface area contributed by atoms with Crippen LogP contribution in [0.15, 0.2) is 22.7 Å². The molecule has 1 aliphatic rings. The number of benzene rings is 1. The van der Waals surface area contributed by atoms with Crippen molar-refractivity contribution in [3.63, 3.8) is 0 Å². The van der Waals surface area contributed by atoms with Gasteiger partial charge in [-0.1, -0.05) is 36.7 Å². The highest BCUT2D eigenvalue weighted by Crippen LogP contribution is 2.46. The van der Waals surface area contributed by atoms with Crippen molar-refractivity contribution < 1.29 is 4.39 Å². The maximum atomic E-state index is 13.5. The second-order valence-electron chi connectivity index (χ2n) is 7.49. The summed E-state index contributed by atoms with van der Waals surface area (Å²) in [5, 5.41) is 9.68. The molecule has 0 radical (unpaired) electrons. The predicted octanol–water partition coefficient (Wildman–Crippen LogP) is 5.88. The Labute approximate surface area is 135 Å². The maximum Gasteiger partial charge on any atom is 0.124 e. The van der Waals surface area contributed by atoms with E-state index in [1.165, 1.54) is 6.07 Å². The highest BCUT2D eigenvalue weighted by molar-refractivity contribution is 9.10. The Morgan fingerprint density at radius 2 is 1.90 bits per heavy atom. The first-order valence-electron chi connectivity index (χ1n) is 7.60. The van der Waals surface area contributed by atoms with E-state index in [-0.39, 0.29) is 11.2 Å². The zero-order valence-electron chi connectivity index (χ0n) is 13.0. The van der Waals surface area contributed by atoms with Crippen LogP contribution in [0.5, 0.6) is 0 Å². The van der Waals surface area contributed by atoms with E-state index in [1.807, 2.05) is 6.07 Å². The largest absolute Gasteiger partial charge is 0.207 e. The molecular formula is C18H23BrFN. The third-order valence-corrected chi connectivity index (χ3v) is 5.33. The zero-order chi connectivity index (χ0) is 15.7. The number of hydrogen-bond donors (Lipinski definition) is 0. The second-order valence-corrected chi connectivity index (χ2v) is 8.40. The van der Waals surface area contributed by atoms with Crippen molar-refractivity contribution in [2.24, 2.45) is 16.7 Å². The van der Waals surface area contributed by atoms with E-state index >= 15 is 0 Å². The highest BCUT2D eigenvalue weighted by Gasteiger charge is 2.39. The molecule has 0 atom stereocenters. The standard InChI is InChI=1S/C18H23BrFN/c1-17(2,3)14-4-6-18(12-21,7-5-14)11-13-8-15(19)10-16(20)9-13/h8-10,14H,4-7,11H2,1-3H3. The molecule has 0 amide bonds. The Hall–Kier alpha value is -0.880. The van der Waals surface area contributed by atoms with E-state index < -0.39 is 0 Å². The lowest BCUT2D eigenvalue weighted by atomic mass is 9.63. The smallest absolute Gasteiger partial charge is 0.124 e. The van der Waals surface area contributed by atoms with Gasteiger partial charge in [0.1, 0.15) is 5.82 Å². The van der Waals surface area contributed by atoms with Gasteiger partial charge in [0.2, 0.25) is 0 Å². The molecule has 1 aromatic rings. The quantitative estimate of drug-likeness (QED) is 0.652. The number of halogens is 2. The molecular weight excluding hydrogens is 329 g/mol. The van der Waals surface area contributed by atoms with Crippen LogP contribution in [-0.2, 0) is 6.42 Å². The molecule has 1 aromatic carbocycles. The molecule has 0 aliphatic heterocycles. The number of hydrogen-bond acceptors (Lipinski definition) is 1. The van der Waals surface area contributed by atoms with Crippen LogP contribution in [0.25, 0.3) is 0 Å². The first kappa shape index (κ1) is 16.5. The molecule has 0 bridgehead atoms. The number of nitrogens with zero attached hydrogens (tertiary/aromatic N) is 1. The van der Waals surface area contributed by atoms with Crippen LogP contribution in [0, 0.1) is 33.9 Å². The van der Waals surface area contributed by atoms with Gasteiger partial charge in [0.25, 0.3) is 0 Å².